The van der Waals surface area contributed by atoms with Gasteiger partial charge in [0.15, 0.2) is 0 Å². The van der Waals surface area contributed by atoms with Crippen molar-refractivity contribution in [3.63, 3.8) is 0 Å². The van der Waals surface area contributed by atoms with Crippen molar-refractivity contribution in [2.24, 2.45) is 11.0 Å². The lowest BCUT2D eigenvalue weighted by Crippen LogP contribution is -2.38. The Bertz CT molecular complexity index is 750. The maximum atomic E-state index is 13.0. The van der Waals surface area contributed by atoms with Crippen molar-refractivity contribution in [1.82, 2.24) is 4.90 Å². The summed E-state index contributed by atoms with van der Waals surface area (Å²) in [4.78, 5) is 29.0. The summed E-state index contributed by atoms with van der Waals surface area (Å²) in [6.45, 7) is 2.30. The van der Waals surface area contributed by atoms with Gasteiger partial charge in [0.05, 0.1) is 45.9 Å². The summed E-state index contributed by atoms with van der Waals surface area (Å²) in [6, 6.07) is 5.02. The smallest absolute Gasteiger partial charge is 0.306 e. The lowest BCUT2D eigenvalue weighted by molar-refractivity contribution is -0.147. The second-order valence-electron chi connectivity index (χ2n) is 6.57. The van der Waals surface area contributed by atoms with Crippen LogP contribution in [0.5, 0.6) is 5.75 Å². The number of carbonyl (C=O) groups excluding carboxylic acids is 2. The summed E-state index contributed by atoms with van der Waals surface area (Å²) in [5, 5.41) is 13.2. The van der Waals surface area contributed by atoms with Gasteiger partial charge in [-0.2, -0.15) is 0 Å². The molecule has 0 saturated heterocycles. The first-order chi connectivity index (χ1) is 14.0. The number of ether oxygens (including phenoxy) is 3. The molecule has 1 aliphatic heterocycles. The van der Waals surface area contributed by atoms with Crippen molar-refractivity contribution in [3.8, 4) is 5.75 Å². The van der Waals surface area contributed by atoms with Crippen LogP contribution in [0.1, 0.15) is 17.5 Å². The molecule has 1 aromatic rings. The van der Waals surface area contributed by atoms with Gasteiger partial charge in [-0.15, -0.1) is 0 Å². The molecule has 0 unspecified atom stereocenters. The van der Waals surface area contributed by atoms with E-state index in [0.717, 1.165) is 11.1 Å². The highest BCUT2D eigenvalue weighted by molar-refractivity contribution is 5.84. The van der Waals surface area contributed by atoms with Gasteiger partial charge >= 0.3 is 5.97 Å². The minimum Gasteiger partial charge on any atom is -0.508 e. The highest BCUT2D eigenvalue weighted by Crippen LogP contribution is 2.27. The van der Waals surface area contributed by atoms with Gasteiger partial charge in [0.2, 0.25) is 5.91 Å². The van der Waals surface area contributed by atoms with Gasteiger partial charge in [0.1, 0.15) is 5.75 Å². The van der Waals surface area contributed by atoms with Gasteiger partial charge in [-0.1, -0.05) is 11.2 Å². The fourth-order valence-corrected chi connectivity index (χ4v) is 3.13. The number of hydrogen-bond acceptors (Lipinski definition) is 7. The van der Waals surface area contributed by atoms with Crippen molar-refractivity contribution in [3.05, 3.63) is 39.8 Å². The summed E-state index contributed by atoms with van der Waals surface area (Å²) in [6.07, 6.45) is 0.423. The van der Waals surface area contributed by atoms with Gasteiger partial charge in [0, 0.05) is 24.5 Å². The minimum atomic E-state index is -0.516. The Morgan fingerprint density at radius 3 is 2.76 bits per heavy atom. The third-order valence-electron chi connectivity index (χ3n) is 4.60. The number of methoxy groups -OCH3 is 1. The maximum absolute atomic E-state index is 13.0. The van der Waals surface area contributed by atoms with Crippen LogP contribution < -0.4 is 0 Å². The number of benzene rings is 1. The van der Waals surface area contributed by atoms with E-state index < -0.39 is 11.9 Å². The predicted molar refractivity (Wildman–Crippen MR) is 103 cm³/mol. The van der Waals surface area contributed by atoms with E-state index >= 15 is 0 Å². The van der Waals surface area contributed by atoms with Crippen LogP contribution in [-0.2, 0) is 36.8 Å². The number of phenolic OH excluding ortho intramolecular Hbond substituents is 1. The molecule has 0 bridgehead atoms. The Kier molecular flexibility index (Phi) is 9.23. The van der Waals surface area contributed by atoms with Gasteiger partial charge < -0.3 is 24.2 Å². The van der Waals surface area contributed by atoms with Crippen LogP contribution in [0.3, 0.4) is 0 Å². The molecule has 10 nitrogen and oxygen atoms in total. The first-order valence-corrected chi connectivity index (χ1v) is 9.38. The Morgan fingerprint density at radius 2 is 2.03 bits per heavy atom. The molecular weight excluding hydrogens is 380 g/mol. The molecule has 1 heterocycles. The number of hydrogen-bond donors (Lipinski definition) is 1. The zero-order valence-corrected chi connectivity index (χ0v) is 16.5. The average Bonchev–Trinajstić information content (AvgIpc) is 2.83. The van der Waals surface area contributed by atoms with Crippen molar-refractivity contribution < 1.29 is 28.9 Å². The summed E-state index contributed by atoms with van der Waals surface area (Å²) >= 11 is 0. The Morgan fingerprint density at radius 1 is 1.28 bits per heavy atom. The topological polar surface area (TPSA) is 134 Å². The number of phenols is 1. The number of esters is 1. The lowest BCUT2D eigenvalue weighted by atomic mass is 9.94. The normalized spacial score (nSPS) is 16.0. The van der Waals surface area contributed by atoms with Gasteiger partial charge in [-0.25, -0.2) is 0 Å². The molecule has 1 amide bonds. The molecule has 0 aliphatic carbocycles. The summed E-state index contributed by atoms with van der Waals surface area (Å²) < 4.78 is 15.5. The Balaban J connectivity index is 1.91. The number of aromatic hydroxyl groups is 1. The Labute approximate surface area is 169 Å². The largest absolute Gasteiger partial charge is 0.508 e. The molecule has 1 aromatic carbocycles. The molecule has 0 saturated carbocycles. The van der Waals surface area contributed by atoms with Crippen molar-refractivity contribution >= 4 is 11.9 Å². The molecule has 1 atom stereocenters. The quantitative estimate of drug-likeness (QED) is 0.196. The summed E-state index contributed by atoms with van der Waals surface area (Å²) in [5.41, 5.74) is 9.95. The number of carbonyl (C=O) groups is 2. The molecule has 0 fully saturated rings. The van der Waals surface area contributed by atoms with E-state index in [1.807, 2.05) is 0 Å². The second-order valence-corrected chi connectivity index (χ2v) is 6.57. The van der Waals surface area contributed by atoms with Gasteiger partial charge in [0.25, 0.3) is 0 Å². The standard InChI is InChI=1S/C19H26N4O6/c1-27-18(25)12-15-10-14-2-3-17(24)11-16(14)13-23(19(15)26)5-7-29-9-8-28-6-4-21-22-20/h2-3,11,15,24H,4-10,12-13H2,1H3/t15-/m0/s1. The minimum absolute atomic E-state index is 0.00598. The number of rotatable bonds is 11. The molecule has 2 rings (SSSR count). The lowest BCUT2D eigenvalue weighted by Gasteiger charge is -2.24. The van der Waals surface area contributed by atoms with Gasteiger partial charge in [-0.05, 0) is 35.2 Å². The molecule has 29 heavy (non-hydrogen) atoms. The fourth-order valence-electron chi connectivity index (χ4n) is 3.13. The maximum Gasteiger partial charge on any atom is 0.306 e. The van der Waals surface area contributed by atoms with Crippen LogP contribution in [-0.4, -0.2) is 68.5 Å². The number of nitrogens with zero attached hydrogens (tertiary/aromatic N) is 4. The Hall–Kier alpha value is -2.81. The van der Waals surface area contributed by atoms with Crippen LogP contribution in [0.4, 0.5) is 0 Å². The number of amides is 1. The number of azide groups is 1. The highest BCUT2D eigenvalue weighted by Gasteiger charge is 2.31. The average molecular weight is 406 g/mol. The number of fused-ring (bicyclic) bond motifs is 1. The van der Waals surface area contributed by atoms with E-state index in [9.17, 15) is 14.7 Å². The molecule has 0 radical (unpaired) electrons. The highest BCUT2D eigenvalue weighted by atomic mass is 16.5. The monoisotopic (exact) mass is 406 g/mol. The third kappa shape index (κ3) is 7.26. The molecule has 1 aliphatic rings. The van der Waals surface area contributed by atoms with E-state index in [-0.39, 0.29) is 24.6 Å². The predicted octanol–water partition coefficient (Wildman–Crippen LogP) is 1.80. The first kappa shape index (κ1) is 22.5. The summed E-state index contributed by atoms with van der Waals surface area (Å²) in [5.74, 6) is -0.950. The van der Waals surface area contributed by atoms with Crippen LogP contribution in [0.15, 0.2) is 23.3 Å². The molecule has 158 valence electrons. The van der Waals surface area contributed by atoms with E-state index in [0.29, 0.717) is 45.9 Å². The molecule has 10 heteroatoms. The molecule has 1 N–H and O–H groups in total. The zero-order valence-electron chi connectivity index (χ0n) is 16.5. The van der Waals surface area contributed by atoms with Crippen molar-refractivity contribution in [2.45, 2.75) is 19.4 Å². The van der Waals surface area contributed by atoms with E-state index in [1.165, 1.54) is 7.11 Å². The molecule has 0 spiro atoms. The first-order valence-electron chi connectivity index (χ1n) is 9.38. The zero-order chi connectivity index (χ0) is 21.1. The molecule has 0 aromatic heterocycles. The second kappa shape index (κ2) is 11.9. The SMILES string of the molecule is COC(=O)C[C@@H]1Cc2ccc(O)cc2CN(CCOCCOCCN=[N+]=[N-])C1=O. The van der Waals surface area contributed by atoms with Crippen LogP contribution in [0, 0.1) is 5.92 Å². The van der Waals surface area contributed by atoms with Crippen molar-refractivity contribution in [2.75, 3.05) is 46.6 Å². The third-order valence-corrected chi connectivity index (χ3v) is 4.60. The van der Waals surface area contributed by atoms with E-state index in [2.05, 4.69) is 10.0 Å². The van der Waals surface area contributed by atoms with Crippen LogP contribution >= 0.6 is 0 Å². The van der Waals surface area contributed by atoms with Gasteiger partial charge in [-0.3, -0.25) is 9.59 Å². The molecular formula is C19H26N4O6. The summed E-state index contributed by atoms with van der Waals surface area (Å²) in [7, 11) is 1.30. The van der Waals surface area contributed by atoms with E-state index in [4.69, 9.17) is 19.7 Å². The fraction of sp³-hybridized carbons (Fsp3) is 0.579. The van der Waals surface area contributed by atoms with Crippen LogP contribution in [0.25, 0.3) is 10.4 Å². The van der Waals surface area contributed by atoms with Crippen molar-refractivity contribution in [1.29, 1.82) is 0 Å². The van der Waals surface area contributed by atoms with E-state index in [1.54, 1.807) is 23.1 Å². The van der Waals surface area contributed by atoms with Crippen LogP contribution in [0.2, 0.25) is 0 Å².